The lowest BCUT2D eigenvalue weighted by Crippen LogP contribution is -2.47. The predicted molar refractivity (Wildman–Crippen MR) is 69.5 cm³/mol. The van der Waals surface area contributed by atoms with Gasteiger partial charge in [-0.1, -0.05) is 0 Å². The third-order valence-corrected chi connectivity index (χ3v) is 3.83. The van der Waals surface area contributed by atoms with Gasteiger partial charge in [0, 0.05) is 30.7 Å². The molecule has 17 heavy (non-hydrogen) atoms. The number of ether oxygens (including phenoxy) is 1. The van der Waals surface area contributed by atoms with E-state index in [2.05, 4.69) is 13.8 Å². The topological polar surface area (TPSA) is 29.5 Å². The predicted octanol–water partition coefficient (Wildman–Crippen LogP) is 2.78. The maximum atomic E-state index is 12.4. The van der Waals surface area contributed by atoms with Gasteiger partial charge in [0.25, 0.3) is 5.91 Å². The van der Waals surface area contributed by atoms with Crippen molar-refractivity contribution in [2.24, 2.45) is 0 Å². The Hall–Kier alpha value is -0.870. The first-order chi connectivity index (χ1) is 8.20. The molecule has 1 aromatic heterocycles. The molecule has 2 rings (SSSR count). The standard InChI is InChI=1S/C13H19NO2S/c1-10(2)14(12-3-6-16-7-4-12)13(15)11-5-8-17-9-11/h5,8-10,12H,3-4,6-7H2,1-2H3. The van der Waals surface area contributed by atoms with Gasteiger partial charge in [0.1, 0.15) is 0 Å². The van der Waals surface area contributed by atoms with E-state index in [1.54, 1.807) is 11.3 Å². The molecule has 1 aliphatic heterocycles. The first-order valence-electron chi connectivity index (χ1n) is 6.12. The number of carbonyl (C=O) groups excluding carboxylic acids is 1. The van der Waals surface area contributed by atoms with E-state index in [0.717, 1.165) is 31.6 Å². The molecule has 3 nitrogen and oxygen atoms in total. The maximum absolute atomic E-state index is 12.4. The van der Waals surface area contributed by atoms with E-state index in [1.165, 1.54) is 0 Å². The van der Waals surface area contributed by atoms with Gasteiger partial charge in [-0.25, -0.2) is 0 Å². The Bertz CT molecular complexity index is 356. The maximum Gasteiger partial charge on any atom is 0.255 e. The Morgan fingerprint density at radius 3 is 2.71 bits per heavy atom. The Morgan fingerprint density at radius 2 is 2.18 bits per heavy atom. The fraction of sp³-hybridized carbons (Fsp3) is 0.615. The van der Waals surface area contributed by atoms with E-state index in [-0.39, 0.29) is 11.9 Å². The lowest BCUT2D eigenvalue weighted by molar-refractivity contribution is 0.0206. The van der Waals surface area contributed by atoms with Gasteiger partial charge >= 0.3 is 0 Å². The number of hydrogen-bond acceptors (Lipinski definition) is 3. The summed E-state index contributed by atoms with van der Waals surface area (Å²) < 4.78 is 5.36. The Morgan fingerprint density at radius 1 is 1.47 bits per heavy atom. The summed E-state index contributed by atoms with van der Waals surface area (Å²) in [5.41, 5.74) is 0.815. The van der Waals surface area contributed by atoms with Gasteiger partial charge in [-0.2, -0.15) is 11.3 Å². The number of nitrogens with zero attached hydrogens (tertiary/aromatic N) is 1. The van der Waals surface area contributed by atoms with Crippen LogP contribution in [0.4, 0.5) is 0 Å². The van der Waals surface area contributed by atoms with Crippen LogP contribution in [0.5, 0.6) is 0 Å². The fourth-order valence-corrected chi connectivity index (χ4v) is 2.95. The monoisotopic (exact) mass is 253 g/mol. The first kappa shape index (κ1) is 12.6. The van der Waals surface area contributed by atoms with Crippen LogP contribution in [-0.2, 0) is 4.74 Å². The van der Waals surface area contributed by atoms with Crippen molar-refractivity contribution in [1.82, 2.24) is 4.90 Å². The van der Waals surface area contributed by atoms with Crippen molar-refractivity contribution in [3.05, 3.63) is 22.4 Å². The number of thiophene rings is 1. The van der Waals surface area contributed by atoms with Gasteiger partial charge in [0.2, 0.25) is 0 Å². The number of hydrogen-bond donors (Lipinski definition) is 0. The van der Waals surface area contributed by atoms with Gasteiger partial charge < -0.3 is 9.64 Å². The summed E-state index contributed by atoms with van der Waals surface area (Å²) in [5, 5.41) is 3.88. The van der Waals surface area contributed by atoms with Crippen LogP contribution < -0.4 is 0 Å². The second-order valence-corrected chi connectivity index (χ2v) is 5.44. The van der Waals surface area contributed by atoms with Crippen molar-refractivity contribution in [1.29, 1.82) is 0 Å². The molecule has 2 heterocycles. The van der Waals surface area contributed by atoms with Crippen LogP contribution in [0.25, 0.3) is 0 Å². The normalized spacial score (nSPS) is 17.4. The highest BCUT2D eigenvalue weighted by Crippen LogP contribution is 2.21. The highest BCUT2D eigenvalue weighted by atomic mass is 32.1. The summed E-state index contributed by atoms with van der Waals surface area (Å²) in [6.07, 6.45) is 1.90. The molecule has 0 bridgehead atoms. The SMILES string of the molecule is CC(C)N(C(=O)c1ccsc1)C1CCOCC1. The minimum Gasteiger partial charge on any atom is -0.381 e. The van der Waals surface area contributed by atoms with Crippen molar-refractivity contribution in [2.75, 3.05) is 13.2 Å². The fourth-order valence-electron chi connectivity index (χ4n) is 2.32. The molecular weight excluding hydrogens is 234 g/mol. The average Bonchev–Trinajstić information content (AvgIpc) is 2.83. The van der Waals surface area contributed by atoms with Crippen molar-refractivity contribution in [2.45, 2.75) is 38.8 Å². The van der Waals surface area contributed by atoms with Gasteiger partial charge in [-0.05, 0) is 38.1 Å². The molecule has 1 aromatic rings. The van der Waals surface area contributed by atoms with Crippen LogP contribution in [0.3, 0.4) is 0 Å². The third-order valence-electron chi connectivity index (χ3n) is 3.14. The lowest BCUT2D eigenvalue weighted by atomic mass is 10.0. The molecule has 0 radical (unpaired) electrons. The molecule has 1 fully saturated rings. The zero-order valence-electron chi connectivity index (χ0n) is 10.4. The molecule has 1 saturated heterocycles. The Labute approximate surface area is 106 Å². The molecule has 4 heteroatoms. The van der Waals surface area contributed by atoms with Crippen molar-refractivity contribution in [3.8, 4) is 0 Å². The summed E-state index contributed by atoms with van der Waals surface area (Å²) in [5.74, 6) is 0.160. The van der Waals surface area contributed by atoms with Crippen molar-refractivity contribution >= 4 is 17.2 Å². The molecule has 0 spiro atoms. The molecule has 0 saturated carbocycles. The number of carbonyl (C=O) groups is 1. The molecular formula is C13H19NO2S. The van der Waals surface area contributed by atoms with E-state index in [0.29, 0.717) is 6.04 Å². The van der Waals surface area contributed by atoms with Crippen LogP contribution in [0.1, 0.15) is 37.0 Å². The average molecular weight is 253 g/mol. The molecule has 1 aliphatic rings. The number of amides is 1. The molecule has 0 N–H and O–H groups in total. The van der Waals surface area contributed by atoms with E-state index in [4.69, 9.17) is 4.74 Å². The zero-order chi connectivity index (χ0) is 12.3. The summed E-state index contributed by atoms with van der Waals surface area (Å²) in [7, 11) is 0. The lowest BCUT2D eigenvalue weighted by Gasteiger charge is -2.37. The zero-order valence-corrected chi connectivity index (χ0v) is 11.2. The minimum absolute atomic E-state index is 0.160. The van der Waals surface area contributed by atoms with E-state index in [1.807, 2.05) is 21.7 Å². The Kier molecular flexibility index (Phi) is 4.18. The molecule has 0 aromatic carbocycles. The second kappa shape index (κ2) is 5.65. The summed E-state index contributed by atoms with van der Waals surface area (Å²) in [4.78, 5) is 14.5. The van der Waals surface area contributed by atoms with Crippen LogP contribution in [0.2, 0.25) is 0 Å². The quantitative estimate of drug-likeness (QED) is 0.829. The summed E-state index contributed by atoms with van der Waals surface area (Å²) in [6, 6.07) is 2.48. The van der Waals surface area contributed by atoms with E-state index >= 15 is 0 Å². The van der Waals surface area contributed by atoms with Gasteiger partial charge in [0.15, 0.2) is 0 Å². The summed E-state index contributed by atoms with van der Waals surface area (Å²) >= 11 is 1.57. The van der Waals surface area contributed by atoms with Gasteiger partial charge in [0.05, 0.1) is 5.56 Å². The molecule has 94 valence electrons. The van der Waals surface area contributed by atoms with E-state index in [9.17, 15) is 4.79 Å². The van der Waals surface area contributed by atoms with Crippen LogP contribution in [0.15, 0.2) is 16.8 Å². The molecule has 0 aliphatic carbocycles. The summed E-state index contributed by atoms with van der Waals surface area (Å²) in [6.45, 7) is 5.70. The molecule has 0 atom stereocenters. The van der Waals surface area contributed by atoms with Crippen LogP contribution >= 0.6 is 11.3 Å². The van der Waals surface area contributed by atoms with E-state index < -0.39 is 0 Å². The van der Waals surface area contributed by atoms with Crippen LogP contribution in [0, 0.1) is 0 Å². The minimum atomic E-state index is 0.160. The van der Waals surface area contributed by atoms with Crippen molar-refractivity contribution in [3.63, 3.8) is 0 Å². The Balaban J connectivity index is 2.14. The third kappa shape index (κ3) is 2.87. The first-order valence-corrected chi connectivity index (χ1v) is 7.07. The largest absolute Gasteiger partial charge is 0.381 e. The molecule has 1 amide bonds. The smallest absolute Gasteiger partial charge is 0.255 e. The molecule has 0 unspecified atom stereocenters. The van der Waals surface area contributed by atoms with Crippen LogP contribution in [-0.4, -0.2) is 36.1 Å². The second-order valence-electron chi connectivity index (χ2n) is 4.66. The number of rotatable bonds is 3. The van der Waals surface area contributed by atoms with Crippen molar-refractivity contribution < 1.29 is 9.53 Å². The van der Waals surface area contributed by atoms with Gasteiger partial charge in [-0.15, -0.1) is 0 Å². The highest BCUT2D eigenvalue weighted by molar-refractivity contribution is 7.08. The highest BCUT2D eigenvalue weighted by Gasteiger charge is 2.28. The van der Waals surface area contributed by atoms with Gasteiger partial charge in [-0.3, -0.25) is 4.79 Å².